The quantitative estimate of drug-likeness (QED) is 0.536. The molecule has 0 aliphatic rings. The molecule has 1 aromatic heterocycles. The second-order valence-electron chi connectivity index (χ2n) is 2.65. The van der Waals surface area contributed by atoms with Crippen molar-refractivity contribution in [1.29, 1.82) is 0 Å². The van der Waals surface area contributed by atoms with Crippen molar-refractivity contribution >= 4 is 0 Å². The van der Waals surface area contributed by atoms with Crippen LogP contribution in [0.2, 0.25) is 0 Å². The Morgan fingerprint density at radius 3 is 3.00 bits per heavy atom. The second kappa shape index (κ2) is 3.45. The third-order valence-electron chi connectivity index (χ3n) is 1.62. The second-order valence-corrected chi connectivity index (χ2v) is 2.65. The van der Waals surface area contributed by atoms with Crippen molar-refractivity contribution in [2.24, 2.45) is 5.73 Å². The van der Waals surface area contributed by atoms with E-state index in [0.29, 0.717) is 5.56 Å². The van der Waals surface area contributed by atoms with Gasteiger partial charge in [0, 0.05) is 11.8 Å². The number of rotatable bonds is 2. The van der Waals surface area contributed by atoms with Gasteiger partial charge in [-0.25, -0.2) is 4.98 Å². The molecule has 0 bridgehead atoms. The van der Waals surface area contributed by atoms with Crippen LogP contribution in [0.15, 0.2) is 24.9 Å². The monoisotopic (exact) mass is 166 g/mol. The molecule has 2 N–H and O–H groups in total. The van der Waals surface area contributed by atoms with Crippen LogP contribution in [0, 0.1) is 12.9 Å². The Bertz CT molecular complexity index is 297. The summed E-state index contributed by atoms with van der Waals surface area (Å²) in [4.78, 5) is 3.55. The maximum Gasteiger partial charge on any atom is 0.217 e. The Hall–Kier alpha value is -1.22. The average Bonchev–Trinajstić information content (AvgIpc) is 2.08. The summed E-state index contributed by atoms with van der Waals surface area (Å²) in [5.74, 6) is -0.520. The standard InChI is InChI=1S/C9H11FN2/c1-3-8(11)7-4-6(2)5-12-9(7)10/h3-5,8H,1,11H2,2H3/t8-/m1/s1. The zero-order valence-electron chi connectivity index (χ0n) is 6.92. The summed E-state index contributed by atoms with van der Waals surface area (Å²) >= 11 is 0. The van der Waals surface area contributed by atoms with Crippen LogP contribution >= 0.6 is 0 Å². The fourth-order valence-corrected chi connectivity index (χ4v) is 0.936. The SMILES string of the molecule is C=C[C@@H](N)c1cc(C)cnc1F. The lowest BCUT2D eigenvalue weighted by atomic mass is 10.1. The summed E-state index contributed by atoms with van der Waals surface area (Å²) in [7, 11) is 0. The van der Waals surface area contributed by atoms with Gasteiger partial charge in [0.25, 0.3) is 0 Å². The van der Waals surface area contributed by atoms with Crippen molar-refractivity contribution in [3.63, 3.8) is 0 Å². The molecule has 64 valence electrons. The van der Waals surface area contributed by atoms with Crippen LogP contribution < -0.4 is 5.73 Å². The zero-order chi connectivity index (χ0) is 9.14. The lowest BCUT2D eigenvalue weighted by Crippen LogP contribution is -2.10. The highest BCUT2D eigenvalue weighted by Crippen LogP contribution is 2.14. The highest BCUT2D eigenvalue weighted by Gasteiger charge is 2.08. The minimum Gasteiger partial charge on any atom is -0.321 e. The molecule has 0 unspecified atom stereocenters. The molecule has 0 saturated heterocycles. The van der Waals surface area contributed by atoms with E-state index in [1.807, 2.05) is 6.92 Å². The Morgan fingerprint density at radius 2 is 2.42 bits per heavy atom. The first-order valence-electron chi connectivity index (χ1n) is 3.65. The van der Waals surface area contributed by atoms with E-state index >= 15 is 0 Å². The first-order valence-corrected chi connectivity index (χ1v) is 3.65. The van der Waals surface area contributed by atoms with Crippen molar-refractivity contribution in [3.05, 3.63) is 42.0 Å². The number of hydrogen-bond acceptors (Lipinski definition) is 2. The first kappa shape index (κ1) is 8.87. The Morgan fingerprint density at radius 1 is 1.75 bits per heavy atom. The molecule has 0 aliphatic carbocycles. The number of hydrogen-bond donors (Lipinski definition) is 1. The predicted octanol–water partition coefficient (Wildman–Crippen LogP) is 1.71. The van der Waals surface area contributed by atoms with Crippen LogP contribution in [-0.2, 0) is 0 Å². The van der Waals surface area contributed by atoms with Crippen molar-refractivity contribution in [2.45, 2.75) is 13.0 Å². The van der Waals surface area contributed by atoms with Crippen molar-refractivity contribution in [1.82, 2.24) is 4.98 Å². The molecule has 3 heteroatoms. The minimum atomic E-state index is -0.520. The molecule has 1 heterocycles. The van der Waals surface area contributed by atoms with Crippen LogP contribution in [0.25, 0.3) is 0 Å². The molecular weight excluding hydrogens is 155 g/mol. The maximum absolute atomic E-state index is 13.0. The highest BCUT2D eigenvalue weighted by molar-refractivity contribution is 5.23. The van der Waals surface area contributed by atoms with E-state index < -0.39 is 12.0 Å². The molecule has 0 aromatic carbocycles. The van der Waals surface area contributed by atoms with Gasteiger partial charge in [-0.05, 0) is 18.6 Å². The van der Waals surface area contributed by atoms with Gasteiger partial charge < -0.3 is 5.73 Å². The van der Waals surface area contributed by atoms with Gasteiger partial charge >= 0.3 is 0 Å². The molecule has 0 spiro atoms. The molecule has 0 radical (unpaired) electrons. The maximum atomic E-state index is 13.0. The van der Waals surface area contributed by atoms with Gasteiger partial charge in [-0.3, -0.25) is 0 Å². The first-order chi connectivity index (χ1) is 5.65. The summed E-state index contributed by atoms with van der Waals surface area (Å²) in [6, 6.07) is 1.20. The summed E-state index contributed by atoms with van der Waals surface area (Å²) < 4.78 is 13.0. The van der Waals surface area contributed by atoms with Crippen molar-refractivity contribution in [3.8, 4) is 0 Å². The van der Waals surface area contributed by atoms with Gasteiger partial charge in [0.05, 0.1) is 6.04 Å². The fourth-order valence-electron chi connectivity index (χ4n) is 0.936. The van der Waals surface area contributed by atoms with E-state index in [1.165, 1.54) is 12.3 Å². The van der Waals surface area contributed by atoms with E-state index in [4.69, 9.17) is 5.73 Å². The number of pyridine rings is 1. The molecule has 1 atom stereocenters. The minimum absolute atomic E-state index is 0.394. The molecule has 12 heavy (non-hydrogen) atoms. The zero-order valence-corrected chi connectivity index (χ0v) is 6.92. The largest absolute Gasteiger partial charge is 0.321 e. The van der Waals surface area contributed by atoms with Gasteiger partial charge in [-0.2, -0.15) is 4.39 Å². The van der Waals surface area contributed by atoms with Gasteiger partial charge in [0.1, 0.15) is 0 Å². The number of nitrogens with zero attached hydrogens (tertiary/aromatic N) is 1. The average molecular weight is 166 g/mol. The molecule has 0 amide bonds. The third kappa shape index (κ3) is 1.68. The highest BCUT2D eigenvalue weighted by atomic mass is 19.1. The molecule has 1 rings (SSSR count). The van der Waals surface area contributed by atoms with Crippen molar-refractivity contribution < 1.29 is 4.39 Å². The summed E-state index contributed by atoms with van der Waals surface area (Å²) in [6.07, 6.45) is 2.95. The van der Waals surface area contributed by atoms with Crippen LogP contribution in [0.1, 0.15) is 17.2 Å². The lowest BCUT2D eigenvalue weighted by Gasteiger charge is -2.07. The third-order valence-corrected chi connectivity index (χ3v) is 1.62. The predicted molar refractivity (Wildman–Crippen MR) is 46.1 cm³/mol. The molecule has 2 nitrogen and oxygen atoms in total. The number of nitrogens with two attached hydrogens (primary N) is 1. The van der Waals surface area contributed by atoms with Crippen LogP contribution in [0.3, 0.4) is 0 Å². The summed E-state index contributed by atoms with van der Waals surface area (Å²) in [6.45, 7) is 5.33. The van der Waals surface area contributed by atoms with Crippen LogP contribution in [0.5, 0.6) is 0 Å². The van der Waals surface area contributed by atoms with Gasteiger partial charge in [0.2, 0.25) is 5.95 Å². The van der Waals surface area contributed by atoms with E-state index in [2.05, 4.69) is 11.6 Å². The molecule has 0 aliphatic heterocycles. The van der Waals surface area contributed by atoms with Crippen LogP contribution in [0.4, 0.5) is 4.39 Å². The fraction of sp³-hybridized carbons (Fsp3) is 0.222. The Kier molecular flexibility index (Phi) is 2.55. The Labute approximate surface area is 70.9 Å². The molecule has 0 fully saturated rings. The van der Waals surface area contributed by atoms with E-state index in [1.54, 1.807) is 6.07 Å². The Balaban J connectivity index is 3.12. The molecule has 0 saturated carbocycles. The molecular formula is C9H11FN2. The van der Waals surface area contributed by atoms with E-state index in [9.17, 15) is 4.39 Å². The number of aryl methyl sites for hydroxylation is 1. The van der Waals surface area contributed by atoms with E-state index in [-0.39, 0.29) is 0 Å². The van der Waals surface area contributed by atoms with E-state index in [0.717, 1.165) is 5.56 Å². The number of aromatic nitrogens is 1. The van der Waals surface area contributed by atoms with Gasteiger partial charge in [0.15, 0.2) is 0 Å². The normalized spacial score (nSPS) is 12.6. The summed E-state index contributed by atoms with van der Waals surface area (Å²) in [5.41, 5.74) is 6.85. The van der Waals surface area contributed by atoms with Gasteiger partial charge in [-0.1, -0.05) is 6.08 Å². The summed E-state index contributed by atoms with van der Waals surface area (Å²) in [5, 5.41) is 0. The smallest absolute Gasteiger partial charge is 0.217 e. The molecule has 1 aromatic rings. The van der Waals surface area contributed by atoms with Gasteiger partial charge in [-0.15, -0.1) is 6.58 Å². The lowest BCUT2D eigenvalue weighted by molar-refractivity contribution is 0.559. The topological polar surface area (TPSA) is 38.9 Å². The van der Waals surface area contributed by atoms with Crippen molar-refractivity contribution in [2.75, 3.05) is 0 Å². The van der Waals surface area contributed by atoms with Crippen LogP contribution in [-0.4, -0.2) is 4.98 Å². The number of halogens is 1.